The molecular formula is C18H19ClF2N4O. The first-order chi connectivity index (χ1) is 12.4. The molecule has 5 nitrogen and oxygen atoms in total. The van der Waals surface area contributed by atoms with Crippen LogP contribution in [-0.4, -0.2) is 37.3 Å². The second-order valence-corrected chi connectivity index (χ2v) is 6.49. The van der Waals surface area contributed by atoms with Crippen LogP contribution in [0.4, 0.5) is 20.3 Å². The maximum atomic E-state index is 13.6. The zero-order valence-electron chi connectivity index (χ0n) is 14.2. The van der Waals surface area contributed by atoms with Crippen molar-refractivity contribution < 1.29 is 13.5 Å². The van der Waals surface area contributed by atoms with Gasteiger partial charge in [0, 0.05) is 31.4 Å². The van der Waals surface area contributed by atoms with Crippen molar-refractivity contribution in [3.63, 3.8) is 0 Å². The quantitative estimate of drug-likeness (QED) is 0.582. The molecule has 1 aliphatic rings. The van der Waals surface area contributed by atoms with Crippen molar-refractivity contribution in [2.45, 2.75) is 18.9 Å². The molecule has 0 radical (unpaired) electrons. The predicted molar refractivity (Wildman–Crippen MR) is 99.2 cm³/mol. The summed E-state index contributed by atoms with van der Waals surface area (Å²) in [6, 6.07) is 9.14. The van der Waals surface area contributed by atoms with Crippen molar-refractivity contribution in [1.82, 2.24) is 4.98 Å². The first-order valence-corrected chi connectivity index (χ1v) is 8.50. The van der Waals surface area contributed by atoms with Crippen molar-refractivity contribution in [3.05, 3.63) is 46.6 Å². The standard InChI is InChI=1S/C18H19ClF2N4O/c1-26-13-4-2-12(3-5-13)10-23-15-8-16(19)24-17(14(15)9-22)25-7-6-18(20,21)11-25/h2-5,8-9,22H,6-7,10-11H2,1H3,(H,23,24). The van der Waals surface area contributed by atoms with E-state index >= 15 is 0 Å². The van der Waals surface area contributed by atoms with E-state index in [1.165, 1.54) is 4.90 Å². The second kappa shape index (κ2) is 7.45. The summed E-state index contributed by atoms with van der Waals surface area (Å²) in [6.07, 6.45) is 0.888. The van der Waals surface area contributed by atoms with Gasteiger partial charge in [-0.05, 0) is 23.8 Å². The van der Waals surface area contributed by atoms with Crippen molar-refractivity contribution in [2.75, 3.05) is 30.4 Å². The van der Waals surface area contributed by atoms with E-state index in [4.69, 9.17) is 21.7 Å². The molecule has 26 heavy (non-hydrogen) atoms. The number of halogens is 3. The van der Waals surface area contributed by atoms with Gasteiger partial charge >= 0.3 is 0 Å². The lowest BCUT2D eigenvalue weighted by Gasteiger charge is -2.21. The molecule has 1 aromatic heterocycles. The molecule has 0 spiro atoms. The normalized spacial score (nSPS) is 15.8. The molecule has 0 unspecified atom stereocenters. The molecule has 0 saturated carbocycles. The lowest BCUT2D eigenvalue weighted by atomic mass is 10.1. The Kier molecular flexibility index (Phi) is 5.27. The van der Waals surface area contributed by atoms with Gasteiger partial charge in [-0.2, -0.15) is 0 Å². The molecule has 0 aliphatic carbocycles. The van der Waals surface area contributed by atoms with E-state index in [1.54, 1.807) is 13.2 Å². The van der Waals surface area contributed by atoms with Gasteiger partial charge in [0.15, 0.2) is 0 Å². The lowest BCUT2D eigenvalue weighted by Crippen LogP contribution is -2.27. The Labute approximate surface area is 155 Å². The molecule has 2 aromatic rings. The topological polar surface area (TPSA) is 61.2 Å². The Bertz CT molecular complexity index is 799. The van der Waals surface area contributed by atoms with Crippen LogP contribution in [0.1, 0.15) is 17.5 Å². The van der Waals surface area contributed by atoms with Crippen LogP contribution in [0.3, 0.4) is 0 Å². The van der Waals surface area contributed by atoms with Crippen LogP contribution < -0.4 is 15.0 Å². The number of aromatic nitrogens is 1. The number of hydrogen-bond donors (Lipinski definition) is 2. The van der Waals surface area contributed by atoms with Crippen molar-refractivity contribution in [3.8, 4) is 5.75 Å². The van der Waals surface area contributed by atoms with E-state index in [1.807, 2.05) is 24.3 Å². The number of hydrogen-bond acceptors (Lipinski definition) is 5. The fourth-order valence-corrected chi connectivity index (χ4v) is 3.09. The van der Waals surface area contributed by atoms with Gasteiger partial charge in [0.25, 0.3) is 5.92 Å². The van der Waals surface area contributed by atoms with Gasteiger partial charge in [0.2, 0.25) is 0 Å². The molecule has 0 amide bonds. The van der Waals surface area contributed by atoms with Gasteiger partial charge in [0.1, 0.15) is 16.7 Å². The summed E-state index contributed by atoms with van der Waals surface area (Å²) in [7, 11) is 1.60. The van der Waals surface area contributed by atoms with E-state index in [0.29, 0.717) is 23.6 Å². The smallest absolute Gasteiger partial charge is 0.266 e. The van der Waals surface area contributed by atoms with Gasteiger partial charge in [-0.15, -0.1) is 0 Å². The number of rotatable bonds is 6. The van der Waals surface area contributed by atoms with E-state index in [-0.39, 0.29) is 18.1 Å². The van der Waals surface area contributed by atoms with Gasteiger partial charge in [-0.25, -0.2) is 13.8 Å². The van der Waals surface area contributed by atoms with Crippen LogP contribution >= 0.6 is 11.6 Å². The number of nitrogens with zero attached hydrogens (tertiary/aromatic N) is 2. The SMILES string of the molecule is COc1ccc(CNc2cc(Cl)nc(N3CCC(F)(F)C3)c2C=N)cc1. The van der Waals surface area contributed by atoms with Gasteiger partial charge < -0.3 is 20.4 Å². The highest BCUT2D eigenvalue weighted by molar-refractivity contribution is 6.30. The average molecular weight is 381 g/mol. The van der Waals surface area contributed by atoms with Crippen molar-refractivity contribution in [2.24, 2.45) is 0 Å². The zero-order chi connectivity index (χ0) is 18.7. The number of methoxy groups -OCH3 is 1. The minimum atomic E-state index is -2.75. The van der Waals surface area contributed by atoms with Crippen LogP contribution in [0.25, 0.3) is 0 Å². The Morgan fingerprint density at radius 2 is 2.12 bits per heavy atom. The number of ether oxygens (including phenoxy) is 1. The molecule has 0 atom stereocenters. The summed E-state index contributed by atoms with van der Waals surface area (Å²) in [5.74, 6) is -1.68. The van der Waals surface area contributed by atoms with E-state index in [9.17, 15) is 8.78 Å². The maximum Gasteiger partial charge on any atom is 0.266 e. The Morgan fingerprint density at radius 1 is 1.38 bits per heavy atom. The molecule has 3 rings (SSSR count). The molecule has 8 heteroatoms. The molecular weight excluding hydrogens is 362 g/mol. The molecule has 138 valence electrons. The third-order valence-electron chi connectivity index (χ3n) is 4.26. The number of benzene rings is 1. The van der Waals surface area contributed by atoms with Gasteiger partial charge in [0.05, 0.1) is 19.2 Å². The van der Waals surface area contributed by atoms with Crippen LogP contribution in [0, 0.1) is 5.41 Å². The second-order valence-electron chi connectivity index (χ2n) is 6.10. The van der Waals surface area contributed by atoms with Crippen LogP contribution in [0.15, 0.2) is 30.3 Å². The first kappa shape index (κ1) is 18.4. The molecule has 0 bridgehead atoms. The van der Waals surface area contributed by atoms with E-state index in [2.05, 4.69) is 10.3 Å². The third kappa shape index (κ3) is 4.04. The highest BCUT2D eigenvalue weighted by Gasteiger charge is 2.39. The maximum absolute atomic E-state index is 13.6. The number of anilines is 2. The number of nitrogens with one attached hydrogen (secondary N) is 2. The largest absolute Gasteiger partial charge is 0.497 e. The predicted octanol–water partition coefficient (Wildman–Crippen LogP) is 4.20. The van der Waals surface area contributed by atoms with E-state index < -0.39 is 12.5 Å². The highest BCUT2D eigenvalue weighted by Crippen LogP contribution is 2.34. The van der Waals surface area contributed by atoms with Gasteiger partial charge in [-0.3, -0.25) is 0 Å². The summed E-state index contributed by atoms with van der Waals surface area (Å²) in [5.41, 5.74) is 2.03. The summed E-state index contributed by atoms with van der Waals surface area (Å²) in [6.45, 7) is 0.249. The zero-order valence-corrected chi connectivity index (χ0v) is 15.0. The van der Waals surface area contributed by atoms with Crippen LogP contribution in [-0.2, 0) is 6.54 Å². The fraction of sp³-hybridized carbons (Fsp3) is 0.333. The Hall–Kier alpha value is -2.41. The minimum absolute atomic E-state index is 0.180. The van der Waals surface area contributed by atoms with Crippen molar-refractivity contribution >= 4 is 29.3 Å². The number of alkyl halides is 2. The molecule has 1 aromatic carbocycles. The lowest BCUT2D eigenvalue weighted by molar-refractivity contribution is 0.0256. The summed E-state index contributed by atoms with van der Waals surface area (Å²) in [5, 5.41) is 11.1. The Morgan fingerprint density at radius 3 is 2.69 bits per heavy atom. The first-order valence-electron chi connectivity index (χ1n) is 8.12. The van der Waals surface area contributed by atoms with Crippen LogP contribution in [0.5, 0.6) is 5.75 Å². The van der Waals surface area contributed by atoms with Crippen molar-refractivity contribution in [1.29, 1.82) is 5.41 Å². The summed E-state index contributed by atoms with van der Waals surface area (Å²) >= 11 is 6.09. The average Bonchev–Trinajstić information content (AvgIpc) is 2.99. The monoisotopic (exact) mass is 380 g/mol. The number of pyridine rings is 1. The molecule has 1 aliphatic heterocycles. The third-order valence-corrected chi connectivity index (χ3v) is 4.46. The molecule has 1 saturated heterocycles. The summed E-state index contributed by atoms with van der Waals surface area (Å²) < 4.78 is 32.3. The van der Waals surface area contributed by atoms with Crippen LogP contribution in [0.2, 0.25) is 5.15 Å². The molecule has 2 N–H and O–H groups in total. The molecule has 2 heterocycles. The Balaban J connectivity index is 1.83. The molecule has 1 fully saturated rings. The summed E-state index contributed by atoms with van der Waals surface area (Å²) in [4.78, 5) is 5.66. The minimum Gasteiger partial charge on any atom is -0.497 e. The van der Waals surface area contributed by atoms with E-state index in [0.717, 1.165) is 17.5 Å². The van der Waals surface area contributed by atoms with Gasteiger partial charge in [-0.1, -0.05) is 23.7 Å². The fourth-order valence-electron chi connectivity index (χ4n) is 2.90. The highest BCUT2D eigenvalue weighted by atomic mass is 35.5.